The fraction of sp³-hybridized carbons (Fsp3) is 0.350. The summed E-state index contributed by atoms with van der Waals surface area (Å²) in [7, 11) is 0. The highest BCUT2D eigenvalue weighted by atomic mass is 35.5. The van der Waals surface area contributed by atoms with Gasteiger partial charge in [0.25, 0.3) is 5.91 Å². The van der Waals surface area contributed by atoms with Gasteiger partial charge in [-0.1, -0.05) is 6.07 Å². The standard InChI is InChI=1S/C20H22FN3O2.2ClH/c21-19-17-7-8-22-13-15(17)3-6-18(19)23-20(25)14-1-4-16(5-2-14)24-9-11-26-12-10-24;;/h1-6,22H,7-13H2,(H,23,25);2*1H. The first-order valence-electron chi connectivity index (χ1n) is 8.97. The summed E-state index contributed by atoms with van der Waals surface area (Å²) < 4.78 is 20.0. The highest BCUT2D eigenvalue weighted by Gasteiger charge is 2.18. The number of nitrogens with one attached hydrogen (secondary N) is 2. The van der Waals surface area contributed by atoms with Gasteiger partial charge in [-0.3, -0.25) is 4.79 Å². The Hall–Kier alpha value is -1.86. The number of rotatable bonds is 3. The molecule has 8 heteroatoms. The van der Waals surface area contributed by atoms with Crippen LogP contribution in [0.2, 0.25) is 0 Å². The lowest BCUT2D eigenvalue weighted by atomic mass is 9.99. The average Bonchev–Trinajstić information content (AvgIpc) is 2.71. The van der Waals surface area contributed by atoms with Crippen LogP contribution in [0.15, 0.2) is 36.4 Å². The predicted molar refractivity (Wildman–Crippen MR) is 114 cm³/mol. The molecule has 2 aliphatic rings. The van der Waals surface area contributed by atoms with E-state index < -0.39 is 0 Å². The van der Waals surface area contributed by atoms with Gasteiger partial charge >= 0.3 is 0 Å². The molecule has 0 unspecified atom stereocenters. The maximum atomic E-state index is 14.7. The fourth-order valence-electron chi connectivity index (χ4n) is 3.47. The summed E-state index contributed by atoms with van der Waals surface area (Å²) in [5.41, 5.74) is 3.48. The lowest BCUT2D eigenvalue weighted by Gasteiger charge is -2.28. The smallest absolute Gasteiger partial charge is 0.255 e. The molecule has 0 bridgehead atoms. The van der Waals surface area contributed by atoms with E-state index in [1.165, 1.54) is 0 Å². The van der Waals surface area contributed by atoms with E-state index in [0.717, 1.165) is 44.1 Å². The van der Waals surface area contributed by atoms with Gasteiger partial charge in [0, 0.05) is 30.9 Å². The minimum absolute atomic E-state index is 0. The monoisotopic (exact) mass is 427 g/mol. The van der Waals surface area contributed by atoms with Gasteiger partial charge in [0.05, 0.1) is 18.9 Å². The molecule has 2 aliphatic heterocycles. The molecule has 2 aromatic rings. The van der Waals surface area contributed by atoms with Gasteiger partial charge in [-0.25, -0.2) is 4.39 Å². The Morgan fingerprint density at radius 2 is 1.79 bits per heavy atom. The second-order valence-electron chi connectivity index (χ2n) is 6.59. The molecule has 5 nitrogen and oxygen atoms in total. The number of hydrogen-bond acceptors (Lipinski definition) is 4. The van der Waals surface area contributed by atoms with Gasteiger partial charge in [0.2, 0.25) is 0 Å². The number of benzene rings is 2. The Labute approximate surface area is 176 Å². The van der Waals surface area contributed by atoms with Crippen LogP contribution >= 0.6 is 24.8 Å². The zero-order chi connectivity index (χ0) is 17.9. The lowest BCUT2D eigenvalue weighted by Crippen LogP contribution is -2.36. The van der Waals surface area contributed by atoms with Crippen molar-refractivity contribution in [3.63, 3.8) is 0 Å². The Kier molecular flexibility index (Phi) is 8.07. The summed E-state index contributed by atoms with van der Waals surface area (Å²) in [6.45, 7) is 4.56. The van der Waals surface area contributed by atoms with Gasteiger partial charge in [-0.2, -0.15) is 0 Å². The molecule has 2 N–H and O–H groups in total. The Balaban J connectivity index is 0.00000140. The summed E-state index contributed by atoms with van der Waals surface area (Å²) in [5, 5.41) is 5.93. The normalized spacial score (nSPS) is 15.7. The molecular formula is C20H24Cl2FN3O2. The van der Waals surface area contributed by atoms with Gasteiger partial charge in [0.1, 0.15) is 5.82 Å². The van der Waals surface area contributed by atoms with Gasteiger partial charge in [-0.15, -0.1) is 24.8 Å². The second-order valence-corrected chi connectivity index (χ2v) is 6.59. The minimum atomic E-state index is -0.317. The summed E-state index contributed by atoms with van der Waals surface area (Å²) in [5.74, 6) is -0.617. The topological polar surface area (TPSA) is 53.6 Å². The quantitative estimate of drug-likeness (QED) is 0.787. The average molecular weight is 428 g/mol. The van der Waals surface area contributed by atoms with Crippen molar-refractivity contribution in [2.24, 2.45) is 0 Å². The maximum absolute atomic E-state index is 14.7. The van der Waals surface area contributed by atoms with E-state index in [2.05, 4.69) is 15.5 Å². The van der Waals surface area contributed by atoms with Crippen molar-refractivity contribution in [3.8, 4) is 0 Å². The molecule has 0 spiro atoms. The number of nitrogens with zero attached hydrogens (tertiary/aromatic N) is 1. The van der Waals surface area contributed by atoms with Crippen molar-refractivity contribution in [1.82, 2.24) is 5.32 Å². The van der Waals surface area contributed by atoms with Gasteiger partial charge in [-0.05, 0) is 54.4 Å². The van der Waals surface area contributed by atoms with E-state index >= 15 is 0 Å². The third kappa shape index (κ3) is 4.75. The molecular weight excluding hydrogens is 404 g/mol. The lowest BCUT2D eigenvalue weighted by molar-refractivity contribution is 0.102. The van der Waals surface area contributed by atoms with Crippen molar-refractivity contribution in [2.45, 2.75) is 13.0 Å². The number of ether oxygens (including phenoxy) is 1. The van der Waals surface area contributed by atoms with Crippen LogP contribution < -0.4 is 15.5 Å². The van der Waals surface area contributed by atoms with Crippen LogP contribution in [-0.2, 0) is 17.7 Å². The summed E-state index contributed by atoms with van der Waals surface area (Å²) in [6.07, 6.45) is 0.638. The number of fused-ring (bicyclic) bond motifs is 1. The highest BCUT2D eigenvalue weighted by molar-refractivity contribution is 6.04. The van der Waals surface area contributed by atoms with Crippen LogP contribution in [0, 0.1) is 5.82 Å². The third-order valence-electron chi connectivity index (χ3n) is 4.96. The molecule has 0 saturated carbocycles. The Bertz CT molecular complexity index is 812. The molecule has 2 aromatic carbocycles. The van der Waals surface area contributed by atoms with Crippen LogP contribution in [0.25, 0.3) is 0 Å². The van der Waals surface area contributed by atoms with Crippen LogP contribution in [0.5, 0.6) is 0 Å². The molecule has 28 heavy (non-hydrogen) atoms. The fourth-order valence-corrected chi connectivity index (χ4v) is 3.47. The summed E-state index contributed by atoms with van der Waals surface area (Å²) in [4.78, 5) is 14.7. The zero-order valence-corrected chi connectivity index (χ0v) is 17.0. The Morgan fingerprint density at radius 1 is 1.07 bits per heavy atom. The van der Waals surface area contributed by atoms with E-state index in [1.807, 2.05) is 18.2 Å². The number of halogens is 3. The van der Waals surface area contributed by atoms with Crippen molar-refractivity contribution in [1.29, 1.82) is 0 Å². The third-order valence-corrected chi connectivity index (χ3v) is 4.96. The molecule has 152 valence electrons. The van der Waals surface area contributed by atoms with E-state index in [0.29, 0.717) is 24.1 Å². The highest BCUT2D eigenvalue weighted by Crippen LogP contribution is 2.25. The number of amides is 1. The molecule has 0 atom stereocenters. The van der Waals surface area contributed by atoms with Crippen LogP contribution in [0.3, 0.4) is 0 Å². The van der Waals surface area contributed by atoms with E-state index in [9.17, 15) is 9.18 Å². The van der Waals surface area contributed by atoms with E-state index in [-0.39, 0.29) is 42.2 Å². The molecule has 2 heterocycles. The molecule has 1 fully saturated rings. The van der Waals surface area contributed by atoms with Crippen LogP contribution in [0.4, 0.5) is 15.8 Å². The first-order valence-corrected chi connectivity index (χ1v) is 8.97. The van der Waals surface area contributed by atoms with Crippen molar-refractivity contribution in [3.05, 3.63) is 58.9 Å². The largest absolute Gasteiger partial charge is 0.378 e. The van der Waals surface area contributed by atoms with Crippen molar-refractivity contribution < 1.29 is 13.9 Å². The van der Waals surface area contributed by atoms with Gasteiger partial charge in [0.15, 0.2) is 0 Å². The number of hydrogen-bond donors (Lipinski definition) is 2. The van der Waals surface area contributed by atoms with Crippen LogP contribution in [0.1, 0.15) is 21.5 Å². The first kappa shape index (κ1) is 22.4. The molecule has 0 aromatic heterocycles. The summed E-state index contributed by atoms with van der Waals surface area (Å²) >= 11 is 0. The zero-order valence-electron chi connectivity index (χ0n) is 15.4. The predicted octanol–water partition coefficient (Wildman–Crippen LogP) is 3.40. The van der Waals surface area contributed by atoms with E-state index in [4.69, 9.17) is 4.74 Å². The van der Waals surface area contributed by atoms with Crippen molar-refractivity contribution >= 4 is 42.1 Å². The van der Waals surface area contributed by atoms with Crippen LogP contribution in [-0.4, -0.2) is 38.8 Å². The van der Waals surface area contributed by atoms with Crippen molar-refractivity contribution in [2.75, 3.05) is 43.1 Å². The number of carbonyl (C=O) groups excluding carboxylic acids is 1. The number of morpholine rings is 1. The number of carbonyl (C=O) groups is 1. The molecule has 1 amide bonds. The maximum Gasteiger partial charge on any atom is 0.255 e. The molecule has 0 aliphatic carbocycles. The molecule has 4 rings (SSSR count). The van der Waals surface area contributed by atoms with E-state index in [1.54, 1.807) is 18.2 Å². The number of anilines is 2. The summed E-state index contributed by atoms with van der Waals surface area (Å²) in [6, 6.07) is 10.9. The SMILES string of the molecule is Cl.Cl.O=C(Nc1ccc2c(c1F)CCNC2)c1ccc(N2CCOCC2)cc1. The Morgan fingerprint density at radius 3 is 2.50 bits per heavy atom. The minimum Gasteiger partial charge on any atom is -0.378 e. The second kappa shape index (κ2) is 10.1. The molecule has 0 radical (unpaired) electrons. The van der Waals surface area contributed by atoms with Gasteiger partial charge < -0.3 is 20.3 Å². The first-order chi connectivity index (χ1) is 12.7. The molecule has 1 saturated heterocycles.